The number of ether oxygens (including phenoxy) is 1. The predicted octanol–water partition coefficient (Wildman–Crippen LogP) is 0.808. The van der Waals surface area contributed by atoms with Crippen molar-refractivity contribution in [2.24, 2.45) is 0 Å². The molecule has 12 heavy (non-hydrogen) atoms. The molecule has 1 aliphatic rings. The summed E-state index contributed by atoms with van der Waals surface area (Å²) in [7, 11) is 3.76. The first-order chi connectivity index (χ1) is 5.47. The molecule has 2 unspecified atom stereocenters. The van der Waals surface area contributed by atoms with E-state index < -0.39 is 5.60 Å². The van der Waals surface area contributed by atoms with Crippen LogP contribution < -0.4 is 0 Å². The van der Waals surface area contributed by atoms with Gasteiger partial charge >= 0.3 is 0 Å². The second-order valence-electron chi connectivity index (χ2n) is 3.51. The van der Waals surface area contributed by atoms with Crippen molar-refractivity contribution in [2.75, 3.05) is 14.1 Å². The van der Waals surface area contributed by atoms with Gasteiger partial charge in [-0.05, 0) is 13.8 Å². The highest BCUT2D eigenvalue weighted by atomic mass is 16.6. The fourth-order valence-electron chi connectivity index (χ4n) is 0.974. The van der Waals surface area contributed by atoms with Gasteiger partial charge < -0.3 is 9.64 Å². The van der Waals surface area contributed by atoms with Gasteiger partial charge in [-0.15, -0.1) is 0 Å². The van der Waals surface area contributed by atoms with Crippen molar-refractivity contribution >= 4 is 5.78 Å². The lowest BCUT2D eigenvalue weighted by atomic mass is 10.0. The average molecular weight is 169 g/mol. The van der Waals surface area contributed by atoms with Crippen molar-refractivity contribution < 1.29 is 9.53 Å². The van der Waals surface area contributed by atoms with Crippen molar-refractivity contribution in [1.82, 2.24) is 4.90 Å². The fraction of sp³-hybridized carbons (Fsp3) is 0.667. The van der Waals surface area contributed by atoms with Gasteiger partial charge in [0.15, 0.2) is 11.4 Å². The van der Waals surface area contributed by atoms with Crippen LogP contribution >= 0.6 is 0 Å². The quantitative estimate of drug-likeness (QED) is 0.463. The minimum atomic E-state index is -0.549. The molecule has 0 N–H and O–H groups in total. The molecule has 0 amide bonds. The monoisotopic (exact) mass is 169 g/mol. The lowest BCUT2D eigenvalue weighted by molar-refractivity contribution is -0.118. The molecule has 0 saturated carbocycles. The normalized spacial score (nSPS) is 33.8. The number of nitrogens with zero attached hydrogens (tertiary/aromatic N) is 1. The molecule has 2 atom stereocenters. The minimum Gasteiger partial charge on any atom is -0.383 e. The lowest BCUT2D eigenvalue weighted by Crippen LogP contribution is -2.21. The second kappa shape index (κ2) is 2.90. The number of rotatable bonds is 3. The Morgan fingerprint density at radius 1 is 1.58 bits per heavy atom. The number of carbonyl (C=O) groups is 1. The van der Waals surface area contributed by atoms with E-state index in [1.165, 1.54) is 0 Å². The van der Waals surface area contributed by atoms with Crippen molar-refractivity contribution in [2.45, 2.75) is 25.6 Å². The molecule has 1 saturated heterocycles. The Labute approximate surface area is 73.0 Å². The number of carbonyl (C=O) groups excluding carboxylic acids is 1. The van der Waals surface area contributed by atoms with Gasteiger partial charge in [-0.25, -0.2) is 0 Å². The number of hydrogen-bond donors (Lipinski definition) is 0. The Morgan fingerprint density at radius 3 is 2.42 bits per heavy atom. The molecule has 3 nitrogen and oxygen atoms in total. The van der Waals surface area contributed by atoms with Gasteiger partial charge in [0.25, 0.3) is 0 Å². The van der Waals surface area contributed by atoms with Crippen LogP contribution in [0.2, 0.25) is 0 Å². The maximum atomic E-state index is 11.4. The van der Waals surface area contributed by atoms with Crippen LogP contribution in [0.4, 0.5) is 0 Å². The topological polar surface area (TPSA) is 32.8 Å². The summed E-state index contributed by atoms with van der Waals surface area (Å²) < 4.78 is 5.18. The van der Waals surface area contributed by atoms with E-state index in [-0.39, 0.29) is 11.9 Å². The summed E-state index contributed by atoms with van der Waals surface area (Å²) >= 11 is 0. The Kier molecular flexibility index (Phi) is 2.24. The molecule has 0 spiro atoms. The zero-order valence-electron chi connectivity index (χ0n) is 8.00. The first kappa shape index (κ1) is 9.26. The molecule has 1 aliphatic heterocycles. The van der Waals surface area contributed by atoms with E-state index in [1.807, 2.05) is 32.8 Å². The van der Waals surface area contributed by atoms with E-state index in [9.17, 15) is 4.79 Å². The molecule has 0 aromatic heterocycles. The highest BCUT2D eigenvalue weighted by Gasteiger charge is 2.54. The van der Waals surface area contributed by atoms with E-state index in [2.05, 4.69) is 0 Å². The van der Waals surface area contributed by atoms with Crippen LogP contribution in [0.1, 0.15) is 13.8 Å². The SMILES string of the molecule is CC1OC1(C)C(=O)C=CN(C)C. The molecule has 1 rings (SSSR count). The molecule has 0 aliphatic carbocycles. The third-order valence-corrected chi connectivity index (χ3v) is 2.15. The van der Waals surface area contributed by atoms with E-state index in [4.69, 9.17) is 4.74 Å². The van der Waals surface area contributed by atoms with Crippen LogP contribution in [0.5, 0.6) is 0 Å². The predicted molar refractivity (Wildman–Crippen MR) is 46.8 cm³/mol. The van der Waals surface area contributed by atoms with Gasteiger partial charge in [0, 0.05) is 26.4 Å². The molecule has 0 aromatic carbocycles. The van der Waals surface area contributed by atoms with Gasteiger partial charge in [-0.2, -0.15) is 0 Å². The molecule has 0 radical (unpaired) electrons. The van der Waals surface area contributed by atoms with Crippen molar-refractivity contribution in [1.29, 1.82) is 0 Å². The molecular weight excluding hydrogens is 154 g/mol. The van der Waals surface area contributed by atoms with Gasteiger partial charge in [0.1, 0.15) is 0 Å². The largest absolute Gasteiger partial charge is 0.383 e. The Balaban J connectivity index is 2.50. The number of epoxide rings is 1. The van der Waals surface area contributed by atoms with Crippen LogP contribution in [-0.4, -0.2) is 36.5 Å². The third-order valence-electron chi connectivity index (χ3n) is 2.15. The summed E-state index contributed by atoms with van der Waals surface area (Å²) in [6, 6.07) is 0. The average Bonchev–Trinajstić information content (AvgIpc) is 2.56. The second-order valence-corrected chi connectivity index (χ2v) is 3.51. The third kappa shape index (κ3) is 1.67. The van der Waals surface area contributed by atoms with Crippen molar-refractivity contribution in [3.05, 3.63) is 12.3 Å². The summed E-state index contributed by atoms with van der Waals surface area (Å²) in [5, 5.41) is 0. The lowest BCUT2D eigenvalue weighted by Gasteiger charge is -2.04. The van der Waals surface area contributed by atoms with E-state index >= 15 is 0 Å². The fourth-order valence-corrected chi connectivity index (χ4v) is 0.974. The van der Waals surface area contributed by atoms with Crippen LogP contribution in [0.25, 0.3) is 0 Å². The number of hydrogen-bond acceptors (Lipinski definition) is 3. The minimum absolute atomic E-state index is 0.0451. The molecule has 1 fully saturated rings. The highest BCUT2D eigenvalue weighted by molar-refractivity contribution is 5.99. The zero-order valence-corrected chi connectivity index (χ0v) is 8.00. The molecule has 68 valence electrons. The molecular formula is C9H15NO2. The van der Waals surface area contributed by atoms with Gasteiger partial charge in [-0.1, -0.05) is 0 Å². The van der Waals surface area contributed by atoms with Crippen LogP contribution in [0.15, 0.2) is 12.3 Å². The Morgan fingerprint density at radius 2 is 2.08 bits per heavy atom. The van der Waals surface area contributed by atoms with Crippen molar-refractivity contribution in [3.63, 3.8) is 0 Å². The maximum Gasteiger partial charge on any atom is 0.191 e. The summed E-state index contributed by atoms with van der Waals surface area (Å²) in [6.07, 6.45) is 3.36. The first-order valence-electron chi connectivity index (χ1n) is 4.03. The Bertz CT molecular complexity index is 223. The van der Waals surface area contributed by atoms with Crippen LogP contribution in [0, 0.1) is 0 Å². The summed E-state index contributed by atoms with van der Waals surface area (Å²) in [6.45, 7) is 3.72. The Hall–Kier alpha value is -0.830. The van der Waals surface area contributed by atoms with Gasteiger partial charge in [0.05, 0.1) is 6.10 Å². The summed E-state index contributed by atoms with van der Waals surface area (Å²) in [4.78, 5) is 13.2. The van der Waals surface area contributed by atoms with E-state index in [0.29, 0.717) is 0 Å². The molecule has 3 heteroatoms. The van der Waals surface area contributed by atoms with E-state index in [1.54, 1.807) is 12.3 Å². The highest BCUT2D eigenvalue weighted by Crippen LogP contribution is 2.36. The molecule has 0 bridgehead atoms. The molecule has 1 heterocycles. The molecule has 0 aromatic rings. The smallest absolute Gasteiger partial charge is 0.191 e. The first-order valence-corrected chi connectivity index (χ1v) is 4.03. The summed E-state index contributed by atoms with van der Waals surface area (Å²) in [5.74, 6) is 0.0451. The zero-order chi connectivity index (χ0) is 9.35. The van der Waals surface area contributed by atoms with E-state index in [0.717, 1.165) is 0 Å². The van der Waals surface area contributed by atoms with Crippen LogP contribution in [-0.2, 0) is 9.53 Å². The van der Waals surface area contributed by atoms with Crippen molar-refractivity contribution in [3.8, 4) is 0 Å². The standard InChI is InChI=1S/C9H15NO2/c1-7-9(2,12-7)8(11)5-6-10(3)4/h5-7H,1-4H3. The van der Waals surface area contributed by atoms with Gasteiger partial charge in [0.2, 0.25) is 0 Å². The van der Waals surface area contributed by atoms with Gasteiger partial charge in [-0.3, -0.25) is 4.79 Å². The maximum absolute atomic E-state index is 11.4. The van der Waals surface area contributed by atoms with Crippen LogP contribution in [0.3, 0.4) is 0 Å². The summed E-state index contributed by atoms with van der Waals surface area (Å²) in [5.41, 5.74) is -0.549. The number of ketones is 1.